The average molecular weight is 363 g/mol. The monoisotopic (exact) mass is 363 g/mol. The van der Waals surface area contributed by atoms with Crippen LogP contribution >= 0.6 is 11.3 Å². The van der Waals surface area contributed by atoms with Gasteiger partial charge in [0.2, 0.25) is 5.13 Å². The zero-order valence-electron chi connectivity index (χ0n) is 14.6. The summed E-state index contributed by atoms with van der Waals surface area (Å²) < 4.78 is 1.94. The van der Waals surface area contributed by atoms with Crippen LogP contribution in [0.25, 0.3) is 11.8 Å². The van der Waals surface area contributed by atoms with E-state index in [1.165, 1.54) is 11.3 Å². The van der Waals surface area contributed by atoms with Crippen LogP contribution in [-0.4, -0.2) is 20.7 Å². The summed E-state index contributed by atoms with van der Waals surface area (Å²) in [7, 11) is 0. The van der Waals surface area contributed by atoms with E-state index in [2.05, 4.69) is 33.7 Å². The largest absolute Gasteiger partial charge is 0.317 e. The van der Waals surface area contributed by atoms with Gasteiger partial charge in [0, 0.05) is 17.6 Å². The van der Waals surface area contributed by atoms with Crippen molar-refractivity contribution in [3.8, 4) is 11.8 Å². The summed E-state index contributed by atoms with van der Waals surface area (Å²) in [5, 5.41) is 20.8. The normalized spacial score (nSPS) is 11.2. The summed E-state index contributed by atoms with van der Waals surface area (Å²) in [6.07, 6.45) is 3.47. The number of benzene rings is 1. The highest BCUT2D eigenvalue weighted by Crippen LogP contribution is 2.20. The van der Waals surface area contributed by atoms with Crippen LogP contribution in [0.1, 0.15) is 21.8 Å². The molecule has 1 amide bonds. The first-order valence-corrected chi connectivity index (χ1v) is 8.77. The number of aromatic nitrogens is 3. The van der Waals surface area contributed by atoms with E-state index >= 15 is 0 Å². The van der Waals surface area contributed by atoms with Gasteiger partial charge in [0.05, 0.1) is 0 Å². The van der Waals surface area contributed by atoms with Crippen LogP contribution in [0.15, 0.2) is 42.1 Å². The zero-order valence-corrected chi connectivity index (χ0v) is 15.5. The predicted molar refractivity (Wildman–Crippen MR) is 102 cm³/mol. The first-order valence-electron chi connectivity index (χ1n) is 7.95. The maximum absolute atomic E-state index is 12.4. The molecule has 3 aromatic rings. The molecule has 0 atom stereocenters. The third-order valence-electron chi connectivity index (χ3n) is 3.67. The Balaban J connectivity index is 1.92. The van der Waals surface area contributed by atoms with Crippen molar-refractivity contribution >= 4 is 28.5 Å². The first kappa shape index (κ1) is 17.6. The number of rotatable bonds is 4. The Labute approximate surface area is 155 Å². The van der Waals surface area contributed by atoms with Crippen molar-refractivity contribution in [1.29, 1.82) is 5.26 Å². The van der Waals surface area contributed by atoms with Gasteiger partial charge in [-0.3, -0.25) is 10.1 Å². The lowest BCUT2D eigenvalue weighted by Gasteiger charge is -2.09. The van der Waals surface area contributed by atoms with Crippen LogP contribution in [0, 0.1) is 32.1 Å². The Morgan fingerprint density at radius 3 is 2.58 bits per heavy atom. The molecule has 1 N–H and O–H groups in total. The Morgan fingerprint density at radius 2 is 1.96 bits per heavy atom. The minimum Gasteiger partial charge on any atom is -0.317 e. The van der Waals surface area contributed by atoms with E-state index in [-0.39, 0.29) is 5.57 Å². The minimum atomic E-state index is -0.503. The van der Waals surface area contributed by atoms with Gasteiger partial charge in [-0.2, -0.15) is 5.26 Å². The summed E-state index contributed by atoms with van der Waals surface area (Å²) in [4.78, 5) is 12.4. The summed E-state index contributed by atoms with van der Waals surface area (Å²) in [5.74, 6) is -0.503. The molecule has 0 aliphatic rings. The molecule has 0 unspecified atom stereocenters. The molecular weight excluding hydrogens is 346 g/mol. The van der Waals surface area contributed by atoms with Gasteiger partial charge in [0.25, 0.3) is 5.91 Å². The molecule has 3 rings (SSSR count). The summed E-state index contributed by atoms with van der Waals surface area (Å²) in [6.45, 7) is 5.87. The highest BCUT2D eigenvalue weighted by Gasteiger charge is 2.13. The molecule has 130 valence electrons. The summed E-state index contributed by atoms with van der Waals surface area (Å²) in [6, 6.07) is 11.9. The fourth-order valence-electron chi connectivity index (χ4n) is 2.64. The second-order valence-corrected chi connectivity index (χ2v) is 7.08. The Kier molecular flexibility index (Phi) is 4.96. The molecule has 2 heterocycles. The molecule has 0 aliphatic heterocycles. The number of nitriles is 1. The maximum atomic E-state index is 12.4. The van der Waals surface area contributed by atoms with Gasteiger partial charge in [-0.15, -0.1) is 10.2 Å². The van der Waals surface area contributed by atoms with Crippen LogP contribution in [0.4, 0.5) is 5.13 Å². The Bertz CT molecular complexity index is 1020. The lowest BCUT2D eigenvalue weighted by molar-refractivity contribution is -0.112. The van der Waals surface area contributed by atoms with E-state index in [9.17, 15) is 10.1 Å². The number of nitrogens with zero attached hydrogens (tertiary/aromatic N) is 4. The van der Waals surface area contributed by atoms with E-state index in [0.29, 0.717) is 5.13 Å². The average Bonchev–Trinajstić information content (AvgIpc) is 3.20. The van der Waals surface area contributed by atoms with Crippen molar-refractivity contribution in [3.05, 3.63) is 63.9 Å². The first-order chi connectivity index (χ1) is 12.5. The van der Waals surface area contributed by atoms with Gasteiger partial charge in [-0.25, -0.2) is 0 Å². The lowest BCUT2D eigenvalue weighted by atomic mass is 10.1. The van der Waals surface area contributed by atoms with Crippen LogP contribution in [0.3, 0.4) is 0 Å². The number of carbonyl (C=O) groups is 1. The molecule has 7 heteroatoms. The molecule has 6 nitrogen and oxygen atoms in total. The van der Waals surface area contributed by atoms with Crippen molar-refractivity contribution < 1.29 is 4.79 Å². The predicted octanol–water partition coefficient (Wildman–Crippen LogP) is 3.80. The van der Waals surface area contributed by atoms with Crippen LogP contribution in [0.5, 0.6) is 0 Å². The third-order valence-corrected chi connectivity index (χ3v) is 4.42. The SMILES string of the molecule is Cc1cc(C)cc(-n2cccc2/C=C(/C#N)C(=O)Nc2nnc(C)s2)c1. The van der Waals surface area contributed by atoms with Gasteiger partial charge >= 0.3 is 0 Å². The molecule has 0 saturated heterocycles. The number of anilines is 1. The van der Waals surface area contributed by atoms with Gasteiger partial charge in [-0.05, 0) is 62.2 Å². The molecule has 0 bridgehead atoms. The molecule has 2 aromatic heterocycles. The smallest absolute Gasteiger partial charge is 0.268 e. The zero-order chi connectivity index (χ0) is 18.7. The van der Waals surface area contributed by atoms with E-state index in [4.69, 9.17) is 0 Å². The fourth-order valence-corrected chi connectivity index (χ4v) is 3.23. The highest BCUT2D eigenvalue weighted by molar-refractivity contribution is 7.15. The molecule has 0 aliphatic carbocycles. The minimum absolute atomic E-state index is 0.00202. The van der Waals surface area contributed by atoms with E-state index in [0.717, 1.165) is 27.5 Å². The second-order valence-electron chi connectivity index (χ2n) is 5.90. The van der Waals surface area contributed by atoms with Crippen molar-refractivity contribution in [3.63, 3.8) is 0 Å². The lowest BCUT2D eigenvalue weighted by Crippen LogP contribution is -2.13. The molecule has 0 saturated carbocycles. The number of aryl methyl sites for hydroxylation is 3. The highest BCUT2D eigenvalue weighted by atomic mass is 32.1. The Morgan fingerprint density at radius 1 is 1.23 bits per heavy atom. The van der Waals surface area contributed by atoms with Crippen LogP contribution in [-0.2, 0) is 4.79 Å². The quantitative estimate of drug-likeness (QED) is 0.564. The Hall–Kier alpha value is -3.24. The summed E-state index contributed by atoms with van der Waals surface area (Å²) >= 11 is 1.26. The van der Waals surface area contributed by atoms with Crippen molar-refractivity contribution in [1.82, 2.24) is 14.8 Å². The van der Waals surface area contributed by atoms with Crippen LogP contribution in [0.2, 0.25) is 0 Å². The van der Waals surface area contributed by atoms with Gasteiger partial charge in [0.1, 0.15) is 16.6 Å². The maximum Gasteiger partial charge on any atom is 0.268 e. The van der Waals surface area contributed by atoms with E-state index < -0.39 is 5.91 Å². The molecule has 0 fully saturated rings. The number of hydrogen-bond donors (Lipinski definition) is 1. The van der Waals surface area contributed by atoms with Gasteiger partial charge in [0.15, 0.2) is 0 Å². The van der Waals surface area contributed by atoms with E-state index in [1.54, 1.807) is 13.0 Å². The molecule has 1 aromatic carbocycles. The van der Waals surface area contributed by atoms with Crippen molar-refractivity contribution in [2.24, 2.45) is 0 Å². The topological polar surface area (TPSA) is 83.6 Å². The third kappa shape index (κ3) is 3.87. The fraction of sp³-hybridized carbons (Fsp3) is 0.158. The number of amides is 1. The molecule has 0 radical (unpaired) electrons. The summed E-state index contributed by atoms with van der Waals surface area (Å²) in [5.41, 5.74) is 4.02. The molecule has 0 spiro atoms. The van der Waals surface area contributed by atoms with Gasteiger partial charge in [-0.1, -0.05) is 17.4 Å². The van der Waals surface area contributed by atoms with Crippen LogP contribution < -0.4 is 5.32 Å². The number of carbonyl (C=O) groups excluding carboxylic acids is 1. The van der Waals surface area contributed by atoms with Crippen molar-refractivity contribution in [2.75, 3.05) is 5.32 Å². The standard InChI is InChI=1S/C19H17N5OS/c1-12-7-13(2)9-17(8-12)24-6-4-5-16(24)10-15(11-20)18(25)21-19-23-22-14(3)26-19/h4-10H,1-3H3,(H,21,23,25)/b15-10-. The second kappa shape index (κ2) is 7.33. The number of nitrogens with one attached hydrogen (secondary N) is 1. The van der Waals surface area contributed by atoms with E-state index in [1.807, 2.05) is 42.8 Å². The molecule has 26 heavy (non-hydrogen) atoms. The number of hydrogen-bond acceptors (Lipinski definition) is 5. The molecular formula is C19H17N5OS. The van der Waals surface area contributed by atoms with Gasteiger partial charge < -0.3 is 4.57 Å². The van der Waals surface area contributed by atoms with Crippen molar-refractivity contribution in [2.45, 2.75) is 20.8 Å².